The van der Waals surface area contributed by atoms with Gasteiger partial charge in [0.2, 0.25) is 0 Å². The molecule has 57 heavy (non-hydrogen) atoms. The second-order valence-corrected chi connectivity index (χ2v) is 15.7. The van der Waals surface area contributed by atoms with Crippen molar-refractivity contribution in [1.29, 1.82) is 0 Å². The number of furan rings is 1. The molecule has 2 nitrogen and oxygen atoms in total. The summed E-state index contributed by atoms with van der Waals surface area (Å²) in [5.74, 6) is 0.898. The highest BCUT2D eigenvalue weighted by Gasteiger charge is 2.36. The normalized spacial score (nSPS) is 12.9. The summed E-state index contributed by atoms with van der Waals surface area (Å²) in [4.78, 5) is 2.35. The molecule has 0 unspecified atom stereocenters. The summed E-state index contributed by atoms with van der Waals surface area (Å²) in [5.41, 5.74) is 15.2. The zero-order valence-corrected chi connectivity index (χ0v) is 31.9. The molecular weight excluding hydrogens is 691 g/mol. The van der Waals surface area contributed by atoms with Crippen molar-refractivity contribution in [2.45, 2.75) is 19.3 Å². The van der Waals surface area contributed by atoms with Crippen LogP contribution in [-0.2, 0) is 5.41 Å². The minimum absolute atomic E-state index is 0.202. The van der Waals surface area contributed by atoms with Crippen molar-refractivity contribution in [2.24, 2.45) is 0 Å². The Bertz CT molecular complexity index is 3090. The van der Waals surface area contributed by atoms with E-state index < -0.39 is 0 Å². The van der Waals surface area contributed by atoms with Crippen molar-refractivity contribution in [2.75, 3.05) is 4.90 Å². The van der Waals surface area contributed by atoms with Gasteiger partial charge in [-0.05, 0) is 104 Å². The van der Waals surface area contributed by atoms with Crippen molar-refractivity contribution in [3.63, 3.8) is 0 Å². The predicted octanol–water partition coefficient (Wildman–Crippen LogP) is 15.5. The third-order valence-corrected chi connectivity index (χ3v) is 12.0. The molecule has 0 radical (unpaired) electrons. The molecule has 0 N–H and O–H groups in total. The minimum atomic E-state index is -0.202. The molecule has 0 aliphatic heterocycles. The Morgan fingerprint density at radius 3 is 1.56 bits per heavy atom. The van der Waals surface area contributed by atoms with Crippen LogP contribution in [0.15, 0.2) is 205 Å². The highest BCUT2D eigenvalue weighted by molar-refractivity contribution is 6.28. The molecule has 10 aromatic rings. The van der Waals surface area contributed by atoms with Crippen LogP contribution in [0.2, 0.25) is 0 Å². The molecule has 0 atom stereocenters. The molecule has 2 heteroatoms. The van der Waals surface area contributed by atoms with Crippen LogP contribution < -0.4 is 4.90 Å². The second-order valence-electron chi connectivity index (χ2n) is 15.7. The van der Waals surface area contributed by atoms with E-state index >= 15 is 0 Å². The van der Waals surface area contributed by atoms with Gasteiger partial charge in [0.1, 0.15) is 11.3 Å². The summed E-state index contributed by atoms with van der Waals surface area (Å²) in [6.45, 7) is 4.74. The Morgan fingerprint density at radius 2 is 0.895 bits per heavy atom. The fourth-order valence-corrected chi connectivity index (χ4v) is 9.28. The number of anilines is 3. The first kappa shape index (κ1) is 33.2. The fraction of sp³-hybridized carbons (Fsp3) is 0.0545. The molecule has 11 rings (SSSR count). The number of benzene rings is 9. The van der Waals surface area contributed by atoms with Crippen LogP contribution >= 0.6 is 0 Å². The van der Waals surface area contributed by atoms with Gasteiger partial charge < -0.3 is 9.32 Å². The molecule has 270 valence electrons. The molecule has 9 aromatic carbocycles. The lowest BCUT2D eigenvalue weighted by Crippen LogP contribution is -2.16. The molecule has 1 aliphatic carbocycles. The fourth-order valence-electron chi connectivity index (χ4n) is 9.28. The van der Waals surface area contributed by atoms with Crippen LogP contribution in [0.5, 0.6) is 0 Å². The molecule has 0 spiro atoms. The van der Waals surface area contributed by atoms with Gasteiger partial charge in [0, 0.05) is 44.4 Å². The van der Waals surface area contributed by atoms with E-state index in [1.165, 1.54) is 49.5 Å². The minimum Gasteiger partial charge on any atom is -0.455 e. The predicted molar refractivity (Wildman–Crippen MR) is 240 cm³/mol. The van der Waals surface area contributed by atoms with Gasteiger partial charge in [-0.3, -0.25) is 0 Å². The molecule has 1 aliphatic rings. The van der Waals surface area contributed by atoms with Gasteiger partial charge >= 0.3 is 0 Å². The highest BCUT2D eigenvalue weighted by atomic mass is 16.3. The van der Waals surface area contributed by atoms with Crippen LogP contribution in [0, 0.1) is 0 Å². The summed E-state index contributed by atoms with van der Waals surface area (Å²) in [6, 6.07) is 72.3. The van der Waals surface area contributed by atoms with E-state index in [1.54, 1.807) is 0 Å². The number of hydrogen-bond acceptors (Lipinski definition) is 2. The number of rotatable bonds is 6. The van der Waals surface area contributed by atoms with Gasteiger partial charge in [0.15, 0.2) is 0 Å². The monoisotopic (exact) mass is 729 g/mol. The summed E-state index contributed by atoms with van der Waals surface area (Å²) in [6.07, 6.45) is 0. The van der Waals surface area contributed by atoms with Crippen LogP contribution in [0.3, 0.4) is 0 Å². The smallest absolute Gasteiger partial charge is 0.143 e. The molecule has 0 fully saturated rings. The van der Waals surface area contributed by atoms with E-state index in [-0.39, 0.29) is 5.41 Å². The maximum Gasteiger partial charge on any atom is 0.143 e. The van der Waals surface area contributed by atoms with E-state index in [2.05, 4.69) is 219 Å². The van der Waals surface area contributed by atoms with Crippen LogP contribution in [0.1, 0.15) is 25.0 Å². The SMILES string of the molecule is CC1(C)c2cc(-c3ccc4c5ccccc5c5c(-c6ccccc6)c(-c6ccccc6)oc5c4c3)ccc2-c2ccc(N(c3ccccc3)c3ccccc3)cc21. The Hall–Kier alpha value is -7.16. The van der Waals surface area contributed by atoms with Crippen molar-refractivity contribution in [1.82, 2.24) is 0 Å². The summed E-state index contributed by atoms with van der Waals surface area (Å²) >= 11 is 0. The number of nitrogens with zero attached hydrogens (tertiary/aromatic N) is 1. The van der Waals surface area contributed by atoms with Crippen molar-refractivity contribution in [3.8, 4) is 44.7 Å². The summed E-state index contributed by atoms with van der Waals surface area (Å²) in [7, 11) is 0. The largest absolute Gasteiger partial charge is 0.455 e. The Kier molecular flexibility index (Phi) is 7.55. The van der Waals surface area contributed by atoms with Gasteiger partial charge in [-0.15, -0.1) is 0 Å². The molecule has 0 bridgehead atoms. The van der Waals surface area contributed by atoms with Crippen molar-refractivity contribution in [3.05, 3.63) is 211 Å². The first-order chi connectivity index (χ1) is 28.0. The Labute approximate surface area is 332 Å². The second kappa shape index (κ2) is 13.0. The average molecular weight is 730 g/mol. The van der Waals surface area contributed by atoms with E-state index in [9.17, 15) is 0 Å². The molecule has 0 amide bonds. The number of fused-ring (bicyclic) bond motifs is 9. The molecule has 1 aromatic heterocycles. The molecule has 1 heterocycles. The zero-order chi connectivity index (χ0) is 38.1. The van der Waals surface area contributed by atoms with Crippen LogP contribution in [0.25, 0.3) is 77.2 Å². The summed E-state index contributed by atoms with van der Waals surface area (Å²) in [5, 5.41) is 5.90. The van der Waals surface area contributed by atoms with Crippen LogP contribution in [0.4, 0.5) is 17.1 Å². The van der Waals surface area contributed by atoms with E-state index in [4.69, 9.17) is 4.42 Å². The molecule has 0 saturated heterocycles. The third kappa shape index (κ3) is 5.25. The van der Waals surface area contributed by atoms with E-state index in [1.807, 2.05) is 0 Å². The quantitative estimate of drug-likeness (QED) is 0.158. The van der Waals surface area contributed by atoms with Gasteiger partial charge in [0.05, 0.1) is 0 Å². The van der Waals surface area contributed by atoms with Gasteiger partial charge in [0.25, 0.3) is 0 Å². The lowest BCUT2D eigenvalue weighted by molar-refractivity contribution is 0.636. The van der Waals surface area contributed by atoms with Crippen molar-refractivity contribution >= 4 is 49.6 Å². The van der Waals surface area contributed by atoms with Crippen molar-refractivity contribution < 1.29 is 4.42 Å². The maximum atomic E-state index is 7.09. The number of para-hydroxylation sites is 2. The van der Waals surface area contributed by atoms with Gasteiger partial charge in [-0.1, -0.05) is 166 Å². The lowest BCUT2D eigenvalue weighted by Gasteiger charge is -2.28. The van der Waals surface area contributed by atoms with Gasteiger partial charge in [-0.2, -0.15) is 0 Å². The van der Waals surface area contributed by atoms with Gasteiger partial charge in [-0.25, -0.2) is 0 Å². The van der Waals surface area contributed by atoms with Crippen LogP contribution in [-0.4, -0.2) is 0 Å². The first-order valence-corrected chi connectivity index (χ1v) is 19.8. The van der Waals surface area contributed by atoms with E-state index in [0.29, 0.717) is 0 Å². The summed E-state index contributed by atoms with van der Waals surface area (Å²) < 4.78 is 7.09. The number of hydrogen-bond donors (Lipinski definition) is 0. The topological polar surface area (TPSA) is 16.4 Å². The lowest BCUT2D eigenvalue weighted by atomic mass is 9.81. The first-order valence-electron chi connectivity index (χ1n) is 19.8. The third-order valence-electron chi connectivity index (χ3n) is 12.0. The Morgan fingerprint density at radius 1 is 0.386 bits per heavy atom. The van der Waals surface area contributed by atoms with E-state index in [0.717, 1.165) is 55.9 Å². The standard InChI is InChI=1S/C55H39NO/c1-55(2)49-34-39(28-31-45(49)46-32-29-42(35-50(46)55)56(40-21-11-5-12-22-40)41-23-13-6-14-24-41)38-27-30-44-43-25-15-16-26-47(43)52-51(36-17-7-3-8-18-36)53(37-19-9-4-10-20-37)57-54(52)48(44)33-38/h3-35H,1-2H3. The maximum absolute atomic E-state index is 7.09. The molecular formula is C55H39NO. The highest BCUT2D eigenvalue weighted by Crippen LogP contribution is 2.52. The Balaban J connectivity index is 1.07. The molecule has 0 saturated carbocycles. The average Bonchev–Trinajstić information content (AvgIpc) is 3.78. The zero-order valence-electron chi connectivity index (χ0n) is 31.9.